The van der Waals surface area contributed by atoms with Crippen LogP contribution in [-0.2, 0) is 28.6 Å². The molecule has 1 atom stereocenters. The van der Waals surface area contributed by atoms with Crippen LogP contribution in [0.4, 0.5) is 0 Å². The Morgan fingerprint density at radius 3 is 1.71 bits per heavy atom. The summed E-state index contributed by atoms with van der Waals surface area (Å²) < 4.78 is 17.4. The van der Waals surface area contributed by atoms with Crippen molar-refractivity contribution in [1.29, 1.82) is 0 Å². The van der Waals surface area contributed by atoms with Gasteiger partial charge in [-0.1, -0.05) is 109 Å². The van der Waals surface area contributed by atoms with Crippen LogP contribution >= 0.6 is 21.6 Å². The van der Waals surface area contributed by atoms with E-state index in [4.69, 9.17) is 14.2 Å². The maximum Gasteiger partial charge on any atom is 0.320 e. The minimum atomic E-state index is -0.574. The first-order valence-electron chi connectivity index (χ1n) is 21.1. The van der Waals surface area contributed by atoms with E-state index in [0.29, 0.717) is 19.6 Å². The number of carbonyl (C=O) groups is 3. The Labute approximate surface area is 346 Å². The van der Waals surface area contributed by atoms with Crippen LogP contribution in [0.15, 0.2) is 36.4 Å². The quantitative estimate of drug-likeness (QED) is 0.0592. The van der Waals surface area contributed by atoms with Crippen LogP contribution in [0, 0.1) is 13.8 Å². The van der Waals surface area contributed by atoms with Crippen LogP contribution in [0.5, 0.6) is 0 Å². The van der Waals surface area contributed by atoms with Crippen LogP contribution in [0.1, 0.15) is 143 Å². The normalized spacial score (nSPS) is 17.8. The van der Waals surface area contributed by atoms with Crippen molar-refractivity contribution in [3.8, 4) is 0 Å². The third kappa shape index (κ3) is 15.5. The first-order valence-corrected chi connectivity index (χ1v) is 23.3. The molecule has 4 rings (SSSR count). The average Bonchev–Trinajstić information content (AvgIpc) is 3.11. The van der Waals surface area contributed by atoms with E-state index < -0.39 is 11.2 Å². The number of rotatable bonds is 19. The molecule has 2 fully saturated rings. The Bertz CT molecular complexity index is 1570. The predicted molar refractivity (Wildman–Crippen MR) is 234 cm³/mol. The van der Waals surface area contributed by atoms with Crippen molar-refractivity contribution in [3.63, 3.8) is 0 Å². The largest absolute Gasteiger partial charge is 0.465 e. The van der Waals surface area contributed by atoms with Crippen LogP contribution in [-0.4, -0.2) is 94.3 Å². The fraction of sp³-hybridized carbons (Fsp3) is 0.696. The van der Waals surface area contributed by atoms with E-state index in [2.05, 4.69) is 54.0 Å². The van der Waals surface area contributed by atoms with Gasteiger partial charge < -0.3 is 14.2 Å². The molecule has 2 aliphatic carbocycles. The van der Waals surface area contributed by atoms with Crippen LogP contribution in [0.25, 0.3) is 10.8 Å². The topological polar surface area (TPSA) is 85.4 Å². The molecule has 0 spiro atoms. The molecule has 313 valence electrons. The highest BCUT2D eigenvalue weighted by molar-refractivity contribution is 8.77. The number of hydrogen-bond donors (Lipinski definition) is 0. The van der Waals surface area contributed by atoms with Gasteiger partial charge in [0.1, 0.15) is 11.2 Å². The van der Waals surface area contributed by atoms with Crippen molar-refractivity contribution >= 4 is 50.3 Å². The van der Waals surface area contributed by atoms with Gasteiger partial charge >= 0.3 is 17.9 Å². The summed E-state index contributed by atoms with van der Waals surface area (Å²) in [6.07, 6.45) is 12.9. The number of esters is 3. The van der Waals surface area contributed by atoms with Crippen LogP contribution in [0.2, 0.25) is 0 Å². The zero-order valence-electron chi connectivity index (χ0n) is 35.8. The van der Waals surface area contributed by atoms with Gasteiger partial charge in [-0.25, -0.2) is 0 Å². The maximum absolute atomic E-state index is 13.3. The Kier molecular flexibility index (Phi) is 17.5. The second-order valence-corrected chi connectivity index (χ2v) is 21.5. The lowest BCUT2D eigenvalue weighted by molar-refractivity contribution is -0.157. The fourth-order valence-electron chi connectivity index (χ4n) is 8.06. The highest BCUT2D eigenvalue weighted by Crippen LogP contribution is 2.54. The maximum atomic E-state index is 13.3. The Morgan fingerprint density at radius 1 is 0.732 bits per heavy atom. The standard InChI is InChI=1S/C46H71N2O6S2/c1-10-26-47(31-40(49)53-43(4,5)6)33-45(22-13-11-14-23-45)55-56-46(24-15-12-16-25-46)34-48(32-41(50)54-44(7,8)9)27-17-28-52-42(51)36(3)37-20-21-38-29-35(2)18-19-39(38)30-37/h18-21,29-30,36H,1,10-17,22-28,31-34H2,2-9H3/t36-/m0/s1. The lowest BCUT2D eigenvalue weighted by Gasteiger charge is -2.45. The van der Waals surface area contributed by atoms with E-state index in [0.717, 1.165) is 80.9 Å². The van der Waals surface area contributed by atoms with Gasteiger partial charge in [-0.3, -0.25) is 24.2 Å². The molecule has 0 unspecified atom stereocenters. The predicted octanol–water partition coefficient (Wildman–Crippen LogP) is 10.5. The molecule has 0 heterocycles. The second kappa shape index (κ2) is 21.1. The highest BCUT2D eigenvalue weighted by atomic mass is 33.1. The summed E-state index contributed by atoms with van der Waals surface area (Å²) >= 11 is 0. The van der Waals surface area contributed by atoms with Crippen molar-refractivity contribution in [2.24, 2.45) is 0 Å². The molecule has 10 heteroatoms. The van der Waals surface area contributed by atoms with Gasteiger partial charge in [0.25, 0.3) is 0 Å². The van der Waals surface area contributed by atoms with Crippen molar-refractivity contribution in [2.75, 3.05) is 45.9 Å². The van der Waals surface area contributed by atoms with Crippen molar-refractivity contribution in [1.82, 2.24) is 9.80 Å². The first-order chi connectivity index (χ1) is 26.4. The van der Waals surface area contributed by atoms with Crippen molar-refractivity contribution < 1.29 is 28.6 Å². The number of fused-ring (bicyclic) bond motifs is 1. The molecule has 0 aromatic heterocycles. The van der Waals surface area contributed by atoms with E-state index in [1.54, 1.807) is 0 Å². The summed E-state index contributed by atoms with van der Waals surface area (Å²) in [6, 6.07) is 12.5. The fourth-order valence-corrected chi connectivity index (χ4v) is 12.2. The monoisotopic (exact) mass is 811 g/mol. The molecule has 2 aliphatic rings. The molecule has 2 saturated carbocycles. The third-order valence-corrected chi connectivity index (χ3v) is 14.9. The van der Waals surface area contributed by atoms with Gasteiger partial charge in [0.05, 0.1) is 25.6 Å². The zero-order chi connectivity index (χ0) is 41.0. The molecule has 0 amide bonds. The van der Waals surface area contributed by atoms with Gasteiger partial charge in [0.15, 0.2) is 0 Å². The summed E-state index contributed by atoms with van der Waals surface area (Å²) in [5, 5.41) is 2.28. The lowest BCUT2D eigenvalue weighted by Crippen LogP contribution is -2.47. The molecular weight excluding hydrogens is 741 g/mol. The minimum absolute atomic E-state index is 0.0232. The molecule has 1 radical (unpaired) electrons. The first kappa shape index (κ1) is 46.4. The van der Waals surface area contributed by atoms with E-state index in [9.17, 15) is 14.4 Å². The van der Waals surface area contributed by atoms with E-state index >= 15 is 0 Å². The SMILES string of the molecule is [CH2]CCN(CC(=O)OC(C)(C)C)CC1(SSC2(CN(CCCOC(=O)[C@@H](C)c3ccc4cc(C)ccc4c3)CC(=O)OC(C)(C)C)CCCCC2)CCCCC1. The van der Waals surface area contributed by atoms with E-state index in [1.807, 2.05) is 76.1 Å². The molecule has 56 heavy (non-hydrogen) atoms. The number of nitrogens with zero attached hydrogens (tertiary/aromatic N) is 2. The highest BCUT2D eigenvalue weighted by Gasteiger charge is 2.42. The average molecular weight is 812 g/mol. The minimum Gasteiger partial charge on any atom is -0.465 e. The van der Waals surface area contributed by atoms with Crippen LogP contribution < -0.4 is 0 Å². The number of carbonyl (C=O) groups excluding carboxylic acids is 3. The molecule has 8 nitrogen and oxygen atoms in total. The third-order valence-electron chi connectivity index (χ3n) is 10.7. The van der Waals surface area contributed by atoms with Gasteiger partial charge in [0, 0.05) is 29.1 Å². The lowest BCUT2D eigenvalue weighted by atomic mass is 9.87. The summed E-state index contributed by atoms with van der Waals surface area (Å²) in [5.41, 5.74) is 1.07. The van der Waals surface area contributed by atoms with E-state index in [1.165, 1.54) is 31.2 Å². The number of aryl methyl sites for hydroxylation is 1. The van der Waals surface area contributed by atoms with Gasteiger partial charge in [-0.2, -0.15) is 0 Å². The smallest absolute Gasteiger partial charge is 0.320 e. The van der Waals surface area contributed by atoms with Crippen molar-refractivity contribution in [3.05, 3.63) is 54.4 Å². The summed E-state index contributed by atoms with van der Waals surface area (Å²) in [4.78, 5) is 44.0. The second-order valence-electron chi connectivity index (χ2n) is 18.5. The zero-order valence-corrected chi connectivity index (χ0v) is 37.5. The number of hydrogen-bond acceptors (Lipinski definition) is 10. The molecule has 2 aromatic carbocycles. The molecule has 0 N–H and O–H groups in total. The summed E-state index contributed by atoms with van der Waals surface area (Å²) in [7, 11) is 4.07. The van der Waals surface area contributed by atoms with Gasteiger partial charge in [0.2, 0.25) is 0 Å². The Morgan fingerprint density at radius 2 is 1.21 bits per heavy atom. The molecule has 0 aliphatic heterocycles. The van der Waals surface area contributed by atoms with Crippen LogP contribution in [0.3, 0.4) is 0 Å². The molecular formula is C46H71N2O6S2. The van der Waals surface area contributed by atoms with Gasteiger partial charge in [-0.15, -0.1) is 0 Å². The Balaban J connectivity index is 1.44. The number of benzene rings is 2. The number of ether oxygens (including phenoxy) is 3. The molecule has 0 bridgehead atoms. The van der Waals surface area contributed by atoms with E-state index in [-0.39, 0.29) is 46.4 Å². The summed E-state index contributed by atoms with van der Waals surface area (Å²) in [5.74, 6) is -1.02. The molecule has 2 aromatic rings. The summed E-state index contributed by atoms with van der Waals surface area (Å²) in [6.45, 7) is 23.3. The molecule has 0 saturated heterocycles. The Hall–Kier alpha value is -2.27. The van der Waals surface area contributed by atoms with Crippen molar-refractivity contribution in [2.45, 2.75) is 159 Å². The van der Waals surface area contributed by atoms with Gasteiger partial charge in [-0.05, 0) is 117 Å².